The first-order valence-corrected chi connectivity index (χ1v) is 9.66. The number of nitrogens with zero attached hydrogens (tertiary/aromatic N) is 1. The smallest absolute Gasteiger partial charge is 0.223 e. The van der Waals surface area contributed by atoms with Crippen molar-refractivity contribution in [3.8, 4) is 5.75 Å². The van der Waals surface area contributed by atoms with Crippen LogP contribution < -0.4 is 20.7 Å². The molecule has 1 aromatic rings. The van der Waals surface area contributed by atoms with Crippen molar-refractivity contribution in [2.24, 2.45) is 10.9 Å². The summed E-state index contributed by atoms with van der Waals surface area (Å²) >= 11 is 5.94. The van der Waals surface area contributed by atoms with Gasteiger partial charge in [0.2, 0.25) is 5.91 Å². The number of carbonyl (C=O) groups excluding carboxylic acids is 1. The van der Waals surface area contributed by atoms with Gasteiger partial charge in [0.15, 0.2) is 5.96 Å². The lowest BCUT2D eigenvalue weighted by atomic mass is 10.2. The molecule has 6 nitrogen and oxygen atoms in total. The van der Waals surface area contributed by atoms with E-state index < -0.39 is 0 Å². The number of amides is 1. The fourth-order valence-electron chi connectivity index (χ4n) is 2.41. The van der Waals surface area contributed by atoms with Crippen molar-refractivity contribution in [2.75, 3.05) is 32.8 Å². The van der Waals surface area contributed by atoms with Crippen LogP contribution >= 0.6 is 35.6 Å². The van der Waals surface area contributed by atoms with Crippen LogP contribution in [0.3, 0.4) is 0 Å². The third-order valence-corrected chi connectivity index (χ3v) is 4.21. The van der Waals surface area contributed by atoms with Gasteiger partial charge in [-0.1, -0.05) is 11.6 Å². The first kappa shape index (κ1) is 23.8. The van der Waals surface area contributed by atoms with Gasteiger partial charge in [0, 0.05) is 43.5 Å². The van der Waals surface area contributed by atoms with Crippen molar-refractivity contribution in [1.82, 2.24) is 16.0 Å². The molecular formula is C19H30ClIN4O2. The summed E-state index contributed by atoms with van der Waals surface area (Å²) in [7, 11) is 0. The minimum Gasteiger partial charge on any atom is -0.493 e. The van der Waals surface area contributed by atoms with Crippen LogP contribution in [0.2, 0.25) is 5.02 Å². The van der Waals surface area contributed by atoms with E-state index in [1.54, 1.807) is 0 Å². The third kappa shape index (κ3) is 9.51. The van der Waals surface area contributed by atoms with Crippen LogP contribution in [0.25, 0.3) is 0 Å². The topological polar surface area (TPSA) is 74.8 Å². The molecule has 152 valence electrons. The van der Waals surface area contributed by atoms with Gasteiger partial charge < -0.3 is 20.7 Å². The van der Waals surface area contributed by atoms with Crippen molar-refractivity contribution in [2.45, 2.75) is 33.1 Å². The van der Waals surface area contributed by atoms with E-state index in [-0.39, 0.29) is 35.8 Å². The van der Waals surface area contributed by atoms with E-state index in [0.29, 0.717) is 31.3 Å². The van der Waals surface area contributed by atoms with Gasteiger partial charge in [-0.15, -0.1) is 24.0 Å². The van der Waals surface area contributed by atoms with Crippen molar-refractivity contribution in [3.63, 3.8) is 0 Å². The zero-order chi connectivity index (χ0) is 18.8. The normalized spacial score (nSPS) is 13.5. The molecule has 2 rings (SSSR count). The first-order valence-electron chi connectivity index (χ1n) is 9.29. The molecule has 0 aromatic heterocycles. The van der Waals surface area contributed by atoms with Crippen LogP contribution in [0.5, 0.6) is 5.75 Å². The van der Waals surface area contributed by atoms with E-state index >= 15 is 0 Å². The highest BCUT2D eigenvalue weighted by Gasteiger charge is 2.28. The van der Waals surface area contributed by atoms with E-state index in [4.69, 9.17) is 16.3 Å². The predicted octanol–water partition coefficient (Wildman–Crippen LogP) is 3.12. The highest BCUT2D eigenvalue weighted by molar-refractivity contribution is 14.0. The second kappa shape index (κ2) is 13.0. The van der Waals surface area contributed by atoms with Gasteiger partial charge in [0.1, 0.15) is 5.75 Å². The number of nitrogens with one attached hydrogen (secondary N) is 3. The van der Waals surface area contributed by atoms with Crippen LogP contribution in [0.15, 0.2) is 23.2 Å². The minimum atomic E-state index is 0. The molecule has 1 aliphatic rings. The third-order valence-electron chi connectivity index (χ3n) is 3.98. The van der Waals surface area contributed by atoms with Gasteiger partial charge in [-0.25, -0.2) is 0 Å². The molecule has 0 unspecified atom stereocenters. The molecule has 0 atom stereocenters. The maximum Gasteiger partial charge on any atom is 0.223 e. The zero-order valence-electron chi connectivity index (χ0n) is 16.0. The van der Waals surface area contributed by atoms with Gasteiger partial charge in [-0.05, 0) is 50.5 Å². The monoisotopic (exact) mass is 508 g/mol. The maximum atomic E-state index is 11.6. The molecule has 0 aliphatic heterocycles. The number of halogens is 2. The average Bonchev–Trinajstić information content (AvgIpc) is 3.44. The molecule has 0 spiro atoms. The van der Waals surface area contributed by atoms with E-state index in [9.17, 15) is 4.79 Å². The molecule has 1 fully saturated rings. The number of benzene rings is 1. The summed E-state index contributed by atoms with van der Waals surface area (Å²) in [4.78, 5) is 16.1. The fourth-order valence-corrected chi connectivity index (χ4v) is 2.64. The van der Waals surface area contributed by atoms with E-state index in [1.165, 1.54) is 0 Å². The number of aryl methyl sites for hydroxylation is 1. The van der Waals surface area contributed by atoms with Gasteiger partial charge in [0.05, 0.1) is 6.61 Å². The maximum absolute atomic E-state index is 11.6. The number of hydrogen-bond acceptors (Lipinski definition) is 3. The van der Waals surface area contributed by atoms with Crippen LogP contribution in [0.1, 0.15) is 31.7 Å². The second-order valence-electron chi connectivity index (χ2n) is 6.36. The second-order valence-corrected chi connectivity index (χ2v) is 6.80. The Morgan fingerprint density at radius 1 is 1.26 bits per heavy atom. The lowest BCUT2D eigenvalue weighted by molar-refractivity contribution is -0.122. The quantitative estimate of drug-likeness (QED) is 0.196. The molecule has 1 amide bonds. The molecule has 1 aromatic carbocycles. The summed E-state index contributed by atoms with van der Waals surface area (Å²) in [5.74, 6) is 2.04. The van der Waals surface area contributed by atoms with Crippen LogP contribution in [-0.2, 0) is 4.79 Å². The molecule has 0 radical (unpaired) electrons. The lowest BCUT2D eigenvalue weighted by Gasteiger charge is -2.12. The van der Waals surface area contributed by atoms with Gasteiger partial charge in [0.25, 0.3) is 0 Å². The molecule has 1 aliphatic carbocycles. The van der Waals surface area contributed by atoms with E-state index in [1.807, 2.05) is 32.0 Å². The average molecular weight is 509 g/mol. The Morgan fingerprint density at radius 3 is 2.67 bits per heavy atom. The molecule has 0 bridgehead atoms. The highest BCUT2D eigenvalue weighted by atomic mass is 127. The summed E-state index contributed by atoms with van der Waals surface area (Å²) in [6.07, 6.45) is 2.87. The number of rotatable bonds is 10. The van der Waals surface area contributed by atoms with E-state index in [0.717, 1.165) is 43.1 Å². The molecule has 0 saturated heterocycles. The number of aliphatic imine (C=N–C) groups is 1. The van der Waals surface area contributed by atoms with Crippen molar-refractivity contribution in [3.05, 3.63) is 28.8 Å². The predicted molar refractivity (Wildman–Crippen MR) is 121 cm³/mol. The molecule has 27 heavy (non-hydrogen) atoms. The van der Waals surface area contributed by atoms with E-state index in [2.05, 4.69) is 20.9 Å². The Labute approximate surface area is 183 Å². The molecule has 0 heterocycles. The summed E-state index contributed by atoms with van der Waals surface area (Å²) in [5, 5.41) is 10.1. The van der Waals surface area contributed by atoms with Crippen LogP contribution in [0, 0.1) is 12.8 Å². The standard InChI is InChI=1S/C19H29ClN4O2.HI/c1-3-21-19(24-11-10-22-18(25)15-5-6-15)23-9-4-12-26-17-8-7-16(20)13-14(17)2;/h7-8,13,15H,3-6,9-12H2,1-2H3,(H,22,25)(H2,21,23,24);1H. The van der Waals surface area contributed by atoms with Crippen molar-refractivity contribution in [1.29, 1.82) is 0 Å². The Hall–Kier alpha value is -1.22. The fraction of sp³-hybridized carbons (Fsp3) is 0.579. The number of hydrogen-bond donors (Lipinski definition) is 3. The molecule has 8 heteroatoms. The Bertz CT molecular complexity index is 624. The van der Waals surface area contributed by atoms with Crippen molar-refractivity contribution >= 4 is 47.4 Å². The SMILES string of the molecule is CCNC(=NCCCOc1ccc(Cl)cc1C)NCCNC(=O)C1CC1.I. The Kier molecular flexibility index (Phi) is 11.5. The Balaban J connectivity index is 0.00000364. The van der Waals surface area contributed by atoms with Gasteiger partial charge in [-0.3, -0.25) is 9.79 Å². The van der Waals surface area contributed by atoms with Gasteiger partial charge >= 0.3 is 0 Å². The Morgan fingerprint density at radius 2 is 2.00 bits per heavy atom. The summed E-state index contributed by atoms with van der Waals surface area (Å²) in [6, 6.07) is 5.62. The van der Waals surface area contributed by atoms with Crippen molar-refractivity contribution < 1.29 is 9.53 Å². The van der Waals surface area contributed by atoms with Crippen LogP contribution in [-0.4, -0.2) is 44.7 Å². The molecular weight excluding hydrogens is 479 g/mol. The number of guanidine groups is 1. The van der Waals surface area contributed by atoms with Gasteiger partial charge in [-0.2, -0.15) is 0 Å². The van der Waals surface area contributed by atoms with Crippen LogP contribution in [0.4, 0.5) is 0 Å². The molecule has 1 saturated carbocycles. The highest BCUT2D eigenvalue weighted by Crippen LogP contribution is 2.28. The molecule has 3 N–H and O–H groups in total. The zero-order valence-corrected chi connectivity index (χ0v) is 19.1. The largest absolute Gasteiger partial charge is 0.493 e. The summed E-state index contributed by atoms with van der Waals surface area (Å²) < 4.78 is 5.77. The summed E-state index contributed by atoms with van der Waals surface area (Å²) in [6.45, 7) is 7.33. The first-order chi connectivity index (χ1) is 12.6. The number of ether oxygens (including phenoxy) is 1. The minimum absolute atomic E-state index is 0. The summed E-state index contributed by atoms with van der Waals surface area (Å²) in [5.41, 5.74) is 1.03. The lowest BCUT2D eigenvalue weighted by Crippen LogP contribution is -2.41. The number of carbonyl (C=O) groups is 1.